The fourth-order valence-electron chi connectivity index (χ4n) is 3.31. The van der Waals surface area contributed by atoms with Crippen LogP contribution in [0.4, 0.5) is 0 Å². The number of benzene rings is 1. The van der Waals surface area contributed by atoms with Crippen molar-refractivity contribution in [2.24, 2.45) is 0 Å². The Labute approximate surface area is 153 Å². The molecule has 1 fully saturated rings. The van der Waals surface area contributed by atoms with Gasteiger partial charge in [-0.3, -0.25) is 4.79 Å². The summed E-state index contributed by atoms with van der Waals surface area (Å²) in [6, 6.07) is 10.2. The summed E-state index contributed by atoms with van der Waals surface area (Å²) in [7, 11) is 3.56. The molecule has 0 unspecified atom stereocenters. The SMILES string of the molecule is C[C@@H](Sc1nc(C2CCCCC2)n(-c2ccccc2)n1)C(=O)N(C)C. The molecule has 25 heavy (non-hydrogen) atoms. The number of carbonyl (C=O) groups excluding carboxylic acids is 1. The van der Waals surface area contributed by atoms with Crippen molar-refractivity contribution >= 4 is 17.7 Å². The van der Waals surface area contributed by atoms with E-state index in [1.54, 1.807) is 19.0 Å². The average Bonchev–Trinajstić information content (AvgIpc) is 3.06. The number of amides is 1. The van der Waals surface area contributed by atoms with Gasteiger partial charge in [-0.1, -0.05) is 49.2 Å². The van der Waals surface area contributed by atoms with Crippen LogP contribution in [0.2, 0.25) is 0 Å². The number of thioether (sulfide) groups is 1. The number of para-hydroxylation sites is 1. The van der Waals surface area contributed by atoms with E-state index in [-0.39, 0.29) is 11.2 Å². The minimum atomic E-state index is -0.194. The Morgan fingerprint density at radius 2 is 1.88 bits per heavy atom. The van der Waals surface area contributed by atoms with E-state index in [0.29, 0.717) is 11.1 Å². The number of aromatic nitrogens is 3. The zero-order valence-electron chi connectivity index (χ0n) is 15.2. The Balaban J connectivity index is 1.90. The maximum Gasteiger partial charge on any atom is 0.235 e. The molecule has 5 nitrogen and oxygen atoms in total. The molecule has 1 aromatic carbocycles. The van der Waals surface area contributed by atoms with Crippen LogP contribution in [0.5, 0.6) is 0 Å². The predicted molar refractivity (Wildman–Crippen MR) is 101 cm³/mol. The first-order valence-electron chi connectivity index (χ1n) is 8.96. The normalized spacial score (nSPS) is 16.6. The van der Waals surface area contributed by atoms with Crippen LogP contribution in [0, 0.1) is 0 Å². The summed E-state index contributed by atoms with van der Waals surface area (Å²) >= 11 is 1.44. The summed E-state index contributed by atoms with van der Waals surface area (Å²) in [4.78, 5) is 18.6. The van der Waals surface area contributed by atoms with Crippen molar-refractivity contribution in [3.05, 3.63) is 36.2 Å². The quantitative estimate of drug-likeness (QED) is 0.761. The third-order valence-corrected chi connectivity index (χ3v) is 5.59. The summed E-state index contributed by atoms with van der Waals surface area (Å²) in [6.45, 7) is 1.91. The lowest BCUT2D eigenvalue weighted by molar-refractivity contribution is -0.127. The van der Waals surface area contributed by atoms with Gasteiger partial charge >= 0.3 is 0 Å². The second-order valence-electron chi connectivity index (χ2n) is 6.83. The van der Waals surface area contributed by atoms with E-state index in [0.717, 1.165) is 11.5 Å². The molecule has 2 aromatic rings. The van der Waals surface area contributed by atoms with Gasteiger partial charge in [0.15, 0.2) is 0 Å². The van der Waals surface area contributed by atoms with Gasteiger partial charge in [-0.2, -0.15) is 0 Å². The molecule has 0 N–H and O–H groups in total. The van der Waals surface area contributed by atoms with Crippen molar-refractivity contribution in [1.29, 1.82) is 0 Å². The summed E-state index contributed by atoms with van der Waals surface area (Å²) < 4.78 is 1.98. The molecule has 1 amide bonds. The minimum absolute atomic E-state index is 0.0836. The lowest BCUT2D eigenvalue weighted by atomic mass is 9.88. The fourth-order valence-corrected chi connectivity index (χ4v) is 4.21. The van der Waals surface area contributed by atoms with Gasteiger partial charge in [-0.05, 0) is 31.9 Å². The van der Waals surface area contributed by atoms with Crippen molar-refractivity contribution in [2.45, 2.75) is 55.4 Å². The van der Waals surface area contributed by atoms with Gasteiger partial charge in [-0.15, -0.1) is 5.10 Å². The maximum atomic E-state index is 12.2. The van der Waals surface area contributed by atoms with Crippen molar-refractivity contribution in [3.8, 4) is 5.69 Å². The highest BCUT2D eigenvalue weighted by Gasteiger charge is 2.25. The van der Waals surface area contributed by atoms with Crippen LogP contribution in [-0.2, 0) is 4.79 Å². The Hall–Kier alpha value is -1.82. The van der Waals surface area contributed by atoms with Gasteiger partial charge in [-0.25, -0.2) is 9.67 Å². The average molecular weight is 359 g/mol. The highest BCUT2D eigenvalue weighted by atomic mass is 32.2. The number of carbonyl (C=O) groups is 1. The third-order valence-electron chi connectivity index (χ3n) is 4.65. The van der Waals surface area contributed by atoms with E-state index in [4.69, 9.17) is 10.1 Å². The van der Waals surface area contributed by atoms with Crippen LogP contribution in [-0.4, -0.2) is 44.9 Å². The third kappa shape index (κ3) is 4.24. The molecule has 0 bridgehead atoms. The first-order valence-corrected chi connectivity index (χ1v) is 9.84. The Morgan fingerprint density at radius 3 is 2.52 bits per heavy atom. The molecule has 1 heterocycles. The van der Waals surface area contributed by atoms with E-state index in [9.17, 15) is 4.79 Å². The van der Waals surface area contributed by atoms with Crippen LogP contribution < -0.4 is 0 Å². The van der Waals surface area contributed by atoms with Crippen molar-refractivity contribution in [3.63, 3.8) is 0 Å². The summed E-state index contributed by atoms with van der Waals surface area (Å²) in [5.74, 6) is 1.58. The van der Waals surface area contributed by atoms with Gasteiger partial charge in [0, 0.05) is 20.0 Å². The summed E-state index contributed by atoms with van der Waals surface area (Å²) in [6.07, 6.45) is 6.16. The number of hydrogen-bond acceptors (Lipinski definition) is 4. The Bertz CT molecular complexity index is 707. The Morgan fingerprint density at radius 1 is 1.20 bits per heavy atom. The molecule has 1 aliphatic rings. The van der Waals surface area contributed by atoms with E-state index >= 15 is 0 Å². The highest BCUT2D eigenvalue weighted by Crippen LogP contribution is 2.34. The molecule has 6 heteroatoms. The lowest BCUT2D eigenvalue weighted by Gasteiger charge is -2.21. The molecule has 134 valence electrons. The van der Waals surface area contributed by atoms with Gasteiger partial charge < -0.3 is 4.90 Å². The molecule has 1 aliphatic carbocycles. The molecule has 0 saturated heterocycles. The monoisotopic (exact) mass is 358 g/mol. The lowest BCUT2D eigenvalue weighted by Crippen LogP contribution is -2.29. The first kappa shape index (κ1) is 18.0. The molecule has 1 atom stereocenters. The van der Waals surface area contributed by atoms with Crippen LogP contribution in [0.1, 0.15) is 50.8 Å². The van der Waals surface area contributed by atoms with Crippen LogP contribution >= 0.6 is 11.8 Å². The molecule has 0 spiro atoms. The topological polar surface area (TPSA) is 51.0 Å². The van der Waals surface area contributed by atoms with Gasteiger partial charge in [0.05, 0.1) is 10.9 Å². The standard InChI is InChI=1S/C19H26N4OS/c1-14(18(24)22(2)3)25-19-20-17(15-10-6-4-7-11-15)23(21-19)16-12-8-5-9-13-16/h5,8-9,12-15H,4,6-7,10-11H2,1-3H3/t14-/m1/s1. The number of nitrogens with zero attached hydrogens (tertiary/aromatic N) is 4. The van der Waals surface area contributed by atoms with Gasteiger partial charge in [0.25, 0.3) is 0 Å². The fraction of sp³-hybridized carbons (Fsp3) is 0.526. The predicted octanol–water partition coefficient (Wildman–Crippen LogP) is 3.88. The molecule has 1 aromatic heterocycles. The van der Waals surface area contributed by atoms with Gasteiger partial charge in [0.2, 0.25) is 11.1 Å². The van der Waals surface area contributed by atoms with E-state index in [1.807, 2.05) is 29.8 Å². The summed E-state index contributed by atoms with van der Waals surface area (Å²) in [5.41, 5.74) is 1.04. The van der Waals surface area contributed by atoms with Crippen molar-refractivity contribution in [1.82, 2.24) is 19.7 Å². The zero-order valence-corrected chi connectivity index (χ0v) is 16.0. The highest BCUT2D eigenvalue weighted by molar-refractivity contribution is 8.00. The van der Waals surface area contributed by atoms with Crippen LogP contribution in [0.25, 0.3) is 5.69 Å². The smallest absolute Gasteiger partial charge is 0.235 e. The van der Waals surface area contributed by atoms with Gasteiger partial charge in [0.1, 0.15) is 5.82 Å². The van der Waals surface area contributed by atoms with Crippen molar-refractivity contribution in [2.75, 3.05) is 14.1 Å². The number of rotatable bonds is 5. The molecular formula is C19H26N4OS. The van der Waals surface area contributed by atoms with E-state index < -0.39 is 0 Å². The molecule has 0 aliphatic heterocycles. The Kier molecular flexibility index (Phi) is 5.78. The van der Waals surface area contributed by atoms with Crippen LogP contribution in [0.15, 0.2) is 35.5 Å². The summed E-state index contributed by atoms with van der Waals surface area (Å²) in [5, 5.41) is 5.23. The first-order chi connectivity index (χ1) is 12.1. The van der Waals surface area contributed by atoms with Crippen LogP contribution in [0.3, 0.4) is 0 Å². The molecule has 3 rings (SSSR count). The largest absolute Gasteiger partial charge is 0.348 e. The molecular weight excluding hydrogens is 332 g/mol. The molecule has 0 radical (unpaired) electrons. The second kappa shape index (κ2) is 8.04. The van der Waals surface area contributed by atoms with Crippen molar-refractivity contribution < 1.29 is 4.79 Å². The number of hydrogen-bond donors (Lipinski definition) is 0. The zero-order chi connectivity index (χ0) is 17.8. The maximum absolute atomic E-state index is 12.2. The molecule has 1 saturated carbocycles. The minimum Gasteiger partial charge on any atom is -0.348 e. The van der Waals surface area contributed by atoms with E-state index in [1.165, 1.54) is 43.9 Å². The van der Waals surface area contributed by atoms with E-state index in [2.05, 4.69) is 12.1 Å². The second-order valence-corrected chi connectivity index (χ2v) is 8.14.